The average Bonchev–Trinajstić information content (AvgIpc) is 2.62. The van der Waals surface area contributed by atoms with Crippen molar-refractivity contribution in [2.45, 2.75) is 13.3 Å². The number of halogens is 1. The molecule has 2 aromatic rings. The molecule has 0 fully saturated rings. The van der Waals surface area contributed by atoms with E-state index >= 15 is 0 Å². The summed E-state index contributed by atoms with van der Waals surface area (Å²) in [5.74, 6) is 0. The van der Waals surface area contributed by atoms with E-state index in [1.165, 1.54) is 6.20 Å². The number of aromatic nitrogens is 2. The molecule has 0 aliphatic rings. The molecular formula is C8H7FN2S2. The monoisotopic (exact) mass is 214 g/mol. The summed E-state index contributed by atoms with van der Waals surface area (Å²) in [6.45, 7) is 1.95. The molecule has 0 saturated heterocycles. The Morgan fingerprint density at radius 1 is 1.54 bits per heavy atom. The van der Waals surface area contributed by atoms with Gasteiger partial charge in [-0.15, -0.1) is 11.3 Å². The molecule has 0 N–H and O–H groups in total. The fraction of sp³-hybridized carbons (Fsp3) is 0.250. The maximum Gasteiger partial charge on any atom is 0.196 e. The van der Waals surface area contributed by atoms with E-state index in [1.54, 1.807) is 11.3 Å². The summed E-state index contributed by atoms with van der Waals surface area (Å²) in [6.07, 6.45) is 1.89. The Morgan fingerprint density at radius 2 is 2.38 bits per heavy atom. The van der Waals surface area contributed by atoms with Crippen LogP contribution in [0, 0.1) is 12.1 Å². The van der Waals surface area contributed by atoms with Crippen LogP contribution in [0.15, 0.2) is 11.6 Å². The van der Waals surface area contributed by atoms with E-state index in [1.807, 2.05) is 12.3 Å². The van der Waals surface area contributed by atoms with Crippen LogP contribution in [-0.4, -0.2) is 9.97 Å². The minimum absolute atomic E-state index is 0.234. The summed E-state index contributed by atoms with van der Waals surface area (Å²) in [6, 6.07) is 0. The van der Waals surface area contributed by atoms with Crippen LogP contribution in [-0.2, 0) is 6.42 Å². The van der Waals surface area contributed by atoms with Crippen LogP contribution in [0.4, 0.5) is 4.39 Å². The molecule has 0 saturated carbocycles. The van der Waals surface area contributed by atoms with Gasteiger partial charge in [0.2, 0.25) is 0 Å². The Bertz CT molecular complexity index is 369. The van der Waals surface area contributed by atoms with Crippen molar-refractivity contribution in [2.75, 3.05) is 0 Å². The van der Waals surface area contributed by atoms with E-state index in [0.717, 1.165) is 27.0 Å². The molecule has 0 unspecified atom stereocenters. The Morgan fingerprint density at radius 3 is 2.92 bits per heavy atom. The maximum absolute atomic E-state index is 12.6. The van der Waals surface area contributed by atoms with Crippen molar-refractivity contribution in [3.8, 4) is 0 Å². The predicted molar refractivity (Wildman–Crippen MR) is 51.7 cm³/mol. The third kappa shape index (κ3) is 2.10. The highest BCUT2D eigenvalue weighted by Crippen LogP contribution is 2.16. The fourth-order valence-electron chi connectivity index (χ4n) is 1.01. The molecule has 13 heavy (non-hydrogen) atoms. The zero-order valence-corrected chi connectivity index (χ0v) is 8.58. The Kier molecular flexibility index (Phi) is 2.37. The van der Waals surface area contributed by atoms with Gasteiger partial charge in [-0.25, -0.2) is 9.97 Å². The lowest BCUT2D eigenvalue weighted by molar-refractivity contribution is 0.653. The molecule has 0 atom stereocenters. The SMILES string of the molecule is Cc1nc(Cc2ncc(F)s2)cs1. The topological polar surface area (TPSA) is 25.8 Å². The number of hydrogen-bond acceptors (Lipinski definition) is 4. The molecule has 0 amide bonds. The third-order valence-electron chi connectivity index (χ3n) is 1.52. The quantitative estimate of drug-likeness (QED) is 0.768. The van der Waals surface area contributed by atoms with Crippen molar-refractivity contribution in [3.05, 3.63) is 32.4 Å². The lowest BCUT2D eigenvalue weighted by Gasteiger charge is -1.88. The molecule has 2 rings (SSSR count). The first-order chi connectivity index (χ1) is 6.24. The van der Waals surface area contributed by atoms with Gasteiger partial charge in [-0.2, -0.15) is 4.39 Å². The molecule has 2 nitrogen and oxygen atoms in total. The van der Waals surface area contributed by atoms with Crippen LogP contribution < -0.4 is 0 Å². The van der Waals surface area contributed by atoms with Gasteiger partial charge in [0.1, 0.15) is 5.01 Å². The van der Waals surface area contributed by atoms with Crippen molar-refractivity contribution in [3.63, 3.8) is 0 Å². The molecule has 2 aromatic heterocycles. The van der Waals surface area contributed by atoms with Crippen LogP contribution in [0.25, 0.3) is 0 Å². The first kappa shape index (κ1) is 8.77. The second-order valence-corrected chi connectivity index (χ2v) is 4.72. The fourth-order valence-corrected chi connectivity index (χ4v) is 2.28. The van der Waals surface area contributed by atoms with Gasteiger partial charge < -0.3 is 0 Å². The summed E-state index contributed by atoms with van der Waals surface area (Å²) < 4.78 is 12.6. The zero-order valence-electron chi connectivity index (χ0n) is 6.95. The molecule has 0 radical (unpaired) electrons. The van der Waals surface area contributed by atoms with Crippen LogP contribution >= 0.6 is 22.7 Å². The van der Waals surface area contributed by atoms with Crippen molar-refractivity contribution >= 4 is 22.7 Å². The Labute approximate surface area is 83.1 Å². The summed E-state index contributed by atoms with van der Waals surface area (Å²) >= 11 is 2.68. The molecular weight excluding hydrogens is 207 g/mol. The summed E-state index contributed by atoms with van der Waals surface area (Å²) in [4.78, 5) is 8.21. The Balaban J connectivity index is 2.14. The molecule has 0 bridgehead atoms. The van der Waals surface area contributed by atoms with Gasteiger partial charge in [-0.05, 0) is 6.92 Å². The minimum Gasteiger partial charge on any atom is -0.246 e. The van der Waals surface area contributed by atoms with Gasteiger partial charge in [0.15, 0.2) is 5.13 Å². The summed E-state index contributed by atoms with van der Waals surface area (Å²) in [5.41, 5.74) is 0.969. The second-order valence-electron chi connectivity index (χ2n) is 2.59. The smallest absolute Gasteiger partial charge is 0.196 e. The first-order valence-electron chi connectivity index (χ1n) is 3.75. The van der Waals surface area contributed by atoms with Gasteiger partial charge in [-0.3, -0.25) is 0 Å². The number of hydrogen-bond donors (Lipinski definition) is 0. The Hall–Kier alpha value is -0.810. The molecule has 5 heteroatoms. The average molecular weight is 214 g/mol. The van der Waals surface area contributed by atoms with E-state index in [2.05, 4.69) is 9.97 Å². The summed E-state index contributed by atoms with van der Waals surface area (Å²) in [5, 5.41) is 3.56. The van der Waals surface area contributed by atoms with Crippen molar-refractivity contribution < 1.29 is 4.39 Å². The lowest BCUT2D eigenvalue weighted by atomic mass is 10.3. The normalized spacial score (nSPS) is 10.6. The highest BCUT2D eigenvalue weighted by molar-refractivity contribution is 7.10. The molecule has 68 valence electrons. The second kappa shape index (κ2) is 3.51. The van der Waals surface area contributed by atoms with E-state index in [0.29, 0.717) is 6.42 Å². The number of aryl methyl sites for hydroxylation is 1. The summed E-state index contributed by atoms with van der Waals surface area (Å²) in [7, 11) is 0. The largest absolute Gasteiger partial charge is 0.246 e. The highest BCUT2D eigenvalue weighted by Gasteiger charge is 2.04. The standard InChI is InChI=1S/C8H7FN2S2/c1-5-11-6(4-12-5)2-8-10-3-7(9)13-8/h3-4H,2H2,1H3. The van der Waals surface area contributed by atoms with Gasteiger partial charge in [0.25, 0.3) is 0 Å². The van der Waals surface area contributed by atoms with Crippen LogP contribution in [0.1, 0.15) is 15.7 Å². The minimum atomic E-state index is -0.234. The van der Waals surface area contributed by atoms with Crippen LogP contribution in [0.3, 0.4) is 0 Å². The van der Waals surface area contributed by atoms with Crippen molar-refractivity contribution in [1.29, 1.82) is 0 Å². The zero-order chi connectivity index (χ0) is 9.26. The van der Waals surface area contributed by atoms with E-state index in [4.69, 9.17) is 0 Å². The molecule has 0 spiro atoms. The van der Waals surface area contributed by atoms with E-state index in [9.17, 15) is 4.39 Å². The van der Waals surface area contributed by atoms with Gasteiger partial charge in [0.05, 0.1) is 16.9 Å². The molecule has 2 heterocycles. The number of rotatable bonds is 2. The van der Waals surface area contributed by atoms with Gasteiger partial charge in [-0.1, -0.05) is 11.3 Å². The molecule has 0 aromatic carbocycles. The third-order valence-corrected chi connectivity index (χ3v) is 3.13. The lowest BCUT2D eigenvalue weighted by Crippen LogP contribution is -1.86. The van der Waals surface area contributed by atoms with E-state index in [-0.39, 0.29) is 5.13 Å². The number of thiazole rings is 2. The van der Waals surface area contributed by atoms with E-state index < -0.39 is 0 Å². The maximum atomic E-state index is 12.6. The van der Waals surface area contributed by atoms with Gasteiger partial charge in [0, 0.05) is 11.8 Å². The highest BCUT2D eigenvalue weighted by atomic mass is 32.1. The van der Waals surface area contributed by atoms with Crippen LogP contribution in [0.2, 0.25) is 0 Å². The van der Waals surface area contributed by atoms with Crippen molar-refractivity contribution in [1.82, 2.24) is 9.97 Å². The first-order valence-corrected chi connectivity index (χ1v) is 5.45. The van der Waals surface area contributed by atoms with Crippen LogP contribution in [0.5, 0.6) is 0 Å². The predicted octanol–water partition coefficient (Wildman–Crippen LogP) is 2.64. The van der Waals surface area contributed by atoms with Crippen molar-refractivity contribution in [2.24, 2.45) is 0 Å². The van der Waals surface area contributed by atoms with Gasteiger partial charge >= 0.3 is 0 Å². The molecule has 0 aliphatic carbocycles. The number of nitrogens with zero attached hydrogens (tertiary/aromatic N) is 2. The molecule has 0 aliphatic heterocycles.